The van der Waals surface area contributed by atoms with Crippen molar-refractivity contribution in [2.75, 3.05) is 17.7 Å². The van der Waals surface area contributed by atoms with Crippen LogP contribution in [0.5, 0.6) is 0 Å². The van der Waals surface area contributed by atoms with Crippen molar-refractivity contribution < 1.29 is 14.3 Å². The van der Waals surface area contributed by atoms with E-state index in [1.807, 2.05) is 31.2 Å². The Morgan fingerprint density at radius 2 is 2.27 bits per heavy atom. The van der Waals surface area contributed by atoms with Gasteiger partial charge >= 0.3 is 0 Å². The van der Waals surface area contributed by atoms with Gasteiger partial charge in [0.15, 0.2) is 0 Å². The molecule has 0 aliphatic rings. The summed E-state index contributed by atoms with van der Waals surface area (Å²) in [4.78, 5) is 16.1. The van der Waals surface area contributed by atoms with E-state index in [0.29, 0.717) is 24.4 Å². The lowest BCUT2D eigenvalue weighted by Gasteiger charge is -2.06. The van der Waals surface area contributed by atoms with Crippen molar-refractivity contribution in [3.05, 3.63) is 47.5 Å². The Kier molecular flexibility index (Phi) is 6.48. The van der Waals surface area contributed by atoms with Gasteiger partial charge in [-0.1, -0.05) is 0 Å². The van der Waals surface area contributed by atoms with Crippen LogP contribution in [0.25, 0.3) is 0 Å². The molecule has 0 saturated heterocycles. The molecule has 2 N–H and O–H groups in total. The van der Waals surface area contributed by atoms with Gasteiger partial charge in [0.05, 0.1) is 6.61 Å². The molecule has 5 nitrogen and oxygen atoms in total. The molecule has 0 radical (unpaired) electrons. The zero-order valence-electron chi connectivity index (χ0n) is 12.5. The minimum Gasteiger partial charge on any atom is -0.466 e. The zero-order chi connectivity index (χ0) is 15.8. The van der Waals surface area contributed by atoms with Crippen LogP contribution in [0.3, 0.4) is 0 Å². The summed E-state index contributed by atoms with van der Waals surface area (Å²) in [6.45, 7) is 2.05. The van der Waals surface area contributed by atoms with E-state index in [2.05, 4.69) is 10.3 Å². The van der Waals surface area contributed by atoms with Gasteiger partial charge in [0.2, 0.25) is 5.91 Å². The maximum absolute atomic E-state index is 11.9. The van der Waals surface area contributed by atoms with Crippen LogP contribution in [-0.2, 0) is 17.0 Å². The molecular weight excluding hydrogens is 300 g/mol. The summed E-state index contributed by atoms with van der Waals surface area (Å²) in [6, 6.07) is 7.55. The highest BCUT2D eigenvalue weighted by atomic mass is 32.2. The number of thioether (sulfide) groups is 1. The predicted octanol–water partition coefficient (Wildman–Crippen LogP) is 2.78. The summed E-state index contributed by atoms with van der Waals surface area (Å²) in [7, 11) is 0. The van der Waals surface area contributed by atoms with E-state index in [-0.39, 0.29) is 12.5 Å². The number of aromatic nitrogens is 1. The van der Waals surface area contributed by atoms with E-state index in [1.165, 1.54) is 0 Å². The lowest BCUT2D eigenvalue weighted by molar-refractivity contribution is -0.116. The topological polar surface area (TPSA) is 75.4 Å². The molecule has 1 amide bonds. The van der Waals surface area contributed by atoms with Crippen LogP contribution < -0.4 is 5.32 Å². The molecule has 118 valence electrons. The fourth-order valence-corrected chi connectivity index (χ4v) is 2.64. The maximum atomic E-state index is 11.9. The summed E-state index contributed by atoms with van der Waals surface area (Å²) in [5, 5.41) is 11.6. The van der Waals surface area contributed by atoms with Gasteiger partial charge < -0.3 is 14.8 Å². The average Bonchev–Trinajstić information content (AvgIpc) is 2.92. The van der Waals surface area contributed by atoms with Crippen LogP contribution >= 0.6 is 11.8 Å². The molecule has 0 atom stereocenters. The summed E-state index contributed by atoms with van der Waals surface area (Å²) in [5.74, 6) is 3.63. The molecule has 0 saturated carbocycles. The summed E-state index contributed by atoms with van der Waals surface area (Å²) in [6.07, 6.45) is 2.62. The average molecular weight is 320 g/mol. The quantitative estimate of drug-likeness (QED) is 0.732. The lowest BCUT2D eigenvalue weighted by Crippen LogP contribution is -2.13. The van der Waals surface area contributed by atoms with E-state index in [1.54, 1.807) is 18.0 Å². The number of nitrogens with zero attached hydrogens (tertiary/aromatic N) is 1. The standard InChI is InChI=1S/C16H20N2O3S/c1-12-2-3-14(21-12)4-5-16(20)18-15-10-13(6-7-17-15)11-22-9-8-19/h2-3,6-7,10,19H,4-5,8-9,11H2,1H3,(H,17,18,20). The second-order valence-corrected chi connectivity index (χ2v) is 5.99. The lowest BCUT2D eigenvalue weighted by atomic mass is 10.2. The Morgan fingerprint density at radius 1 is 1.41 bits per heavy atom. The van der Waals surface area contributed by atoms with Crippen LogP contribution in [0.15, 0.2) is 34.9 Å². The number of nitrogens with one attached hydrogen (secondary N) is 1. The van der Waals surface area contributed by atoms with Gasteiger partial charge in [-0.2, -0.15) is 11.8 Å². The summed E-state index contributed by atoms with van der Waals surface area (Å²) >= 11 is 1.64. The molecule has 2 heterocycles. The number of pyridine rings is 1. The van der Waals surface area contributed by atoms with E-state index in [4.69, 9.17) is 9.52 Å². The van der Waals surface area contributed by atoms with Crippen molar-refractivity contribution in [3.63, 3.8) is 0 Å². The molecule has 2 aromatic heterocycles. The van der Waals surface area contributed by atoms with Crippen molar-refractivity contribution in [1.82, 2.24) is 4.98 Å². The van der Waals surface area contributed by atoms with E-state index >= 15 is 0 Å². The molecule has 0 aliphatic carbocycles. The van der Waals surface area contributed by atoms with Crippen molar-refractivity contribution in [2.24, 2.45) is 0 Å². The molecule has 0 fully saturated rings. The van der Waals surface area contributed by atoms with Gasteiger partial charge in [-0.15, -0.1) is 0 Å². The molecule has 6 heteroatoms. The Bertz CT molecular complexity index is 613. The third-order valence-electron chi connectivity index (χ3n) is 2.99. The number of carbonyl (C=O) groups excluding carboxylic acids is 1. The van der Waals surface area contributed by atoms with Crippen LogP contribution in [0.1, 0.15) is 23.5 Å². The van der Waals surface area contributed by atoms with Gasteiger partial charge in [-0.25, -0.2) is 4.98 Å². The van der Waals surface area contributed by atoms with E-state index < -0.39 is 0 Å². The van der Waals surface area contributed by atoms with Gasteiger partial charge in [-0.05, 0) is 36.8 Å². The molecule has 0 aliphatic heterocycles. The van der Waals surface area contributed by atoms with Crippen molar-refractivity contribution in [2.45, 2.75) is 25.5 Å². The smallest absolute Gasteiger partial charge is 0.225 e. The fourth-order valence-electron chi connectivity index (χ4n) is 1.95. The van der Waals surface area contributed by atoms with Gasteiger partial charge in [0.1, 0.15) is 17.3 Å². The van der Waals surface area contributed by atoms with Crippen LogP contribution in [0.2, 0.25) is 0 Å². The Hall–Kier alpha value is -1.79. The van der Waals surface area contributed by atoms with Crippen LogP contribution in [-0.4, -0.2) is 28.4 Å². The van der Waals surface area contributed by atoms with Crippen molar-refractivity contribution in [3.8, 4) is 0 Å². The highest BCUT2D eigenvalue weighted by Gasteiger charge is 2.07. The number of hydrogen-bond donors (Lipinski definition) is 2. The normalized spacial score (nSPS) is 10.6. The first-order valence-electron chi connectivity index (χ1n) is 7.16. The van der Waals surface area contributed by atoms with Crippen molar-refractivity contribution in [1.29, 1.82) is 0 Å². The van der Waals surface area contributed by atoms with Crippen molar-refractivity contribution >= 4 is 23.5 Å². The first-order valence-corrected chi connectivity index (χ1v) is 8.31. The predicted molar refractivity (Wildman–Crippen MR) is 87.9 cm³/mol. The summed E-state index contributed by atoms with van der Waals surface area (Å²) < 4.78 is 5.44. The number of amides is 1. The molecular formula is C16H20N2O3S. The molecule has 0 spiro atoms. The molecule has 2 rings (SSSR count). The first-order chi connectivity index (χ1) is 10.7. The highest BCUT2D eigenvalue weighted by Crippen LogP contribution is 2.15. The summed E-state index contributed by atoms with van der Waals surface area (Å²) in [5.41, 5.74) is 1.07. The molecule has 0 unspecified atom stereocenters. The number of aliphatic hydroxyl groups is 1. The Morgan fingerprint density at radius 3 is 3.00 bits per heavy atom. The number of hydrogen-bond acceptors (Lipinski definition) is 5. The SMILES string of the molecule is Cc1ccc(CCC(=O)Nc2cc(CSCCO)ccn2)o1. The number of furan rings is 1. The third kappa shape index (κ3) is 5.54. The van der Waals surface area contributed by atoms with Crippen LogP contribution in [0, 0.1) is 6.92 Å². The minimum absolute atomic E-state index is 0.0817. The van der Waals surface area contributed by atoms with Gasteiger partial charge in [-0.3, -0.25) is 4.79 Å². The van der Waals surface area contributed by atoms with E-state index in [9.17, 15) is 4.79 Å². The Labute approximate surface area is 134 Å². The number of aliphatic hydroxyl groups excluding tert-OH is 1. The zero-order valence-corrected chi connectivity index (χ0v) is 13.4. The van der Waals surface area contributed by atoms with Crippen LogP contribution in [0.4, 0.5) is 5.82 Å². The monoisotopic (exact) mass is 320 g/mol. The number of carbonyl (C=O) groups is 1. The first kappa shape index (κ1) is 16.6. The fraction of sp³-hybridized carbons (Fsp3) is 0.375. The van der Waals surface area contributed by atoms with E-state index in [0.717, 1.165) is 22.8 Å². The third-order valence-corrected chi connectivity index (χ3v) is 4.00. The molecule has 0 aromatic carbocycles. The second kappa shape index (κ2) is 8.60. The molecule has 22 heavy (non-hydrogen) atoms. The number of aryl methyl sites for hydroxylation is 2. The number of anilines is 1. The Balaban J connectivity index is 1.81. The second-order valence-electron chi connectivity index (χ2n) is 4.89. The maximum Gasteiger partial charge on any atom is 0.225 e. The minimum atomic E-state index is -0.0817. The molecule has 2 aromatic rings. The largest absolute Gasteiger partial charge is 0.466 e. The number of rotatable bonds is 8. The molecule has 0 bridgehead atoms. The highest BCUT2D eigenvalue weighted by molar-refractivity contribution is 7.98. The van der Waals surface area contributed by atoms with Gasteiger partial charge in [0.25, 0.3) is 0 Å². The van der Waals surface area contributed by atoms with Gasteiger partial charge in [0, 0.05) is 30.5 Å².